The summed E-state index contributed by atoms with van der Waals surface area (Å²) in [6.45, 7) is 4.24. The summed E-state index contributed by atoms with van der Waals surface area (Å²) in [4.78, 5) is 25.0. The summed E-state index contributed by atoms with van der Waals surface area (Å²) in [6.07, 6.45) is 2.38. The Bertz CT molecular complexity index is 944. The van der Waals surface area contributed by atoms with Crippen molar-refractivity contribution in [2.75, 3.05) is 6.61 Å². The third-order valence-electron chi connectivity index (χ3n) is 5.87. The zero-order valence-electron chi connectivity index (χ0n) is 20.3. The van der Waals surface area contributed by atoms with Crippen molar-refractivity contribution in [3.8, 4) is 5.75 Å². The number of carboxylic acids is 1. The summed E-state index contributed by atoms with van der Waals surface area (Å²) in [6, 6.07) is 10.7. The van der Waals surface area contributed by atoms with Crippen LogP contribution in [0.3, 0.4) is 0 Å². The number of carbonyl (C=O) groups excluding carboxylic acids is 1. The topological polar surface area (TPSA) is 66.8 Å². The van der Waals surface area contributed by atoms with Gasteiger partial charge in [-0.3, -0.25) is 4.79 Å². The summed E-state index contributed by atoms with van der Waals surface area (Å²) in [5.41, 5.74) is -0.418. The van der Waals surface area contributed by atoms with E-state index in [1.54, 1.807) is 31.2 Å². The van der Waals surface area contributed by atoms with Gasteiger partial charge in [-0.2, -0.15) is 13.2 Å². The maximum absolute atomic E-state index is 13.6. The molecule has 0 aromatic heterocycles. The SMILES string of the molecule is CCCCCCCCOc1ccc(CN(C(=O)C(=O)O)C(CC)c2ccccc2C(F)(F)F)cc1. The highest BCUT2D eigenvalue weighted by molar-refractivity contribution is 6.31. The first kappa shape index (κ1) is 28.2. The second kappa shape index (κ2) is 13.8. The number of benzene rings is 2. The average Bonchev–Trinajstić information content (AvgIpc) is 2.83. The molecule has 0 aliphatic heterocycles. The first-order valence-electron chi connectivity index (χ1n) is 12.1. The molecule has 2 aromatic rings. The van der Waals surface area contributed by atoms with Gasteiger partial charge in [0.25, 0.3) is 0 Å². The molecule has 0 heterocycles. The Kier molecular flexibility index (Phi) is 11.1. The molecular formula is C27H34F3NO4. The quantitative estimate of drug-likeness (QED) is 0.241. The predicted molar refractivity (Wildman–Crippen MR) is 128 cm³/mol. The fourth-order valence-electron chi connectivity index (χ4n) is 4.06. The van der Waals surface area contributed by atoms with Crippen LogP contribution in [0, 0.1) is 0 Å². The van der Waals surface area contributed by atoms with Crippen LogP contribution in [0.5, 0.6) is 5.75 Å². The van der Waals surface area contributed by atoms with E-state index < -0.39 is 29.7 Å². The summed E-state index contributed by atoms with van der Waals surface area (Å²) in [5, 5.41) is 9.35. The van der Waals surface area contributed by atoms with Crippen molar-refractivity contribution in [2.24, 2.45) is 0 Å². The van der Waals surface area contributed by atoms with E-state index in [0.717, 1.165) is 23.8 Å². The molecule has 0 aliphatic carbocycles. The van der Waals surface area contributed by atoms with Gasteiger partial charge < -0.3 is 14.7 Å². The van der Waals surface area contributed by atoms with Crippen LogP contribution in [0.25, 0.3) is 0 Å². The van der Waals surface area contributed by atoms with Gasteiger partial charge in [0.2, 0.25) is 0 Å². The number of ether oxygens (including phenoxy) is 1. The third kappa shape index (κ3) is 8.60. The lowest BCUT2D eigenvalue weighted by molar-refractivity contribution is -0.158. The third-order valence-corrected chi connectivity index (χ3v) is 5.87. The number of hydrogen-bond acceptors (Lipinski definition) is 3. The van der Waals surface area contributed by atoms with Crippen LogP contribution in [0.2, 0.25) is 0 Å². The minimum absolute atomic E-state index is 0.117. The highest BCUT2D eigenvalue weighted by Gasteiger charge is 2.37. The Morgan fingerprint density at radius 1 is 0.943 bits per heavy atom. The smallest absolute Gasteiger partial charge is 0.416 e. The van der Waals surface area contributed by atoms with Gasteiger partial charge in [-0.1, -0.05) is 76.3 Å². The Morgan fingerprint density at radius 3 is 2.17 bits per heavy atom. The number of rotatable bonds is 13. The van der Waals surface area contributed by atoms with Crippen LogP contribution >= 0.6 is 0 Å². The Labute approximate surface area is 204 Å². The lowest BCUT2D eigenvalue weighted by Crippen LogP contribution is -2.39. The number of carboxylic acid groups (broad SMARTS) is 1. The Balaban J connectivity index is 2.14. The number of halogens is 3. The van der Waals surface area contributed by atoms with Crippen LogP contribution in [0.1, 0.15) is 81.5 Å². The van der Waals surface area contributed by atoms with E-state index in [1.165, 1.54) is 43.9 Å². The normalized spacial score (nSPS) is 12.3. The zero-order chi connectivity index (χ0) is 25.8. The predicted octanol–water partition coefficient (Wildman–Crippen LogP) is 7.01. The molecule has 1 atom stereocenters. The van der Waals surface area contributed by atoms with Crippen molar-refractivity contribution in [1.29, 1.82) is 0 Å². The summed E-state index contributed by atoms with van der Waals surface area (Å²) >= 11 is 0. The minimum atomic E-state index is -4.63. The van der Waals surface area contributed by atoms with Crippen molar-refractivity contribution in [3.05, 3.63) is 65.2 Å². The van der Waals surface area contributed by atoms with Crippen molar-refractivity contribution in [2.45, 2.75) is 77.6 Å². The van der Waals surface area contributed by atoms with Gasteiger partial charge in [0, 0.05) is 6.54 Å². The molecule has 35 heavy (non-hydrogen) atoms. The van der Waals surface area contributed by atoms with Crippen LogP contribution in [-0.2, 0) is 22.3 Å². The molecular weight excluding hydrogens is 459 g/mol. The first-order valence-corrected chi connectivity index (χ1v) is 12.1. The summed E-state index contributed by atoms with van der Waals surface area (Å²) in [5.74, 6) is -2.32. The Morgan fingerprint density at radius 2 is 1.57 bits per heavy atom. The molecule has 0 bridgehead atoms. The maximum atomic E-state index is 13.6. The molecule has 1 amide bonds. The second-order valence-corrected chi connectivity index (χ2v) is 8.51. The van der Waals surface area contributed by atoms with E-state index in [9.17, 15) is 27.9 Å². The monoisotopic (exact) mass is 493 g/mol. The van der Waals surface area contributed by atoms with E-state index in [2.05, 4.69) is 6.92 Å². The number of alkyl halides is 3. The van der Waals surface area contributed by atoms with E-state index in [1.807, 2.05) is 0 Å². The van der Waals surface area contributed by atoms with Crippen LogP contribution < -0.4 is 4.74 Å². The van der Waals surface area contributed by atoms with Crippen LogP contribution in [0.4, 0.5) is 13.2 Å². The Hall–Kier alpha value is -3.03. The molecule has 5 nitrogen and oxygen atoms in total. The van der Waals surface area contributed by atoms with E-state index >= 15 is 0 Å². The van der Waals surface area contributed by atoms with Crippen molar-refractivity contribution in [3.63, 3.8) is 0 Å². The standard InChI is InChI=1S/C27H34F3NO4/c1-3-5-6-7-8-11-18-35-21-16-14-20(15-17-21)19-31(25(32)26(33)34)24(4-2)22-12-9-10-13-23(22)27(28,29)30/h9-10,12-17,24H,3-8,11,18-19H2,1-2H3,(H,33,34). The fraction of sp³-hybridized carbons (Fsp3) is 0.481. The van der Waals surface area contributed by atoms with Gasteiger partial charge >= 0.3 is 18.1 Å². The average molecular weight is 494 g/mol. The van der Waals surface area contributed by atoms with E-state index in [-0.39, 0.29) is 18.5 Å². The van der Waals surface area contributed by atoms with Gasteiger partial charge in [-0.25, -0.2) is 4.79 Å². The fourth-order valence-corrected chi connectivity index (χ4v) is 4.06. The van der Waals surface area contributed by atoms with Gasteiger partial charge in [-0.05, 0) is 42.2 Å². The molecule has 0 fully saturated rings. The highest BCUT2D eigenvalue weighted by Crippen LogP contribution is 2.38. The van der Waals surface area contributed by atoms with Crippen LogP contribution in [-0.4, -0.2) is 28.5 Å². The van der Waals surface area contributed by atoms with Crippen molar-refractivity contribution in [1.82, 2.24) is 4.90 Å². The van der Waals surface area contributed by atoms with Gasteiger partial charge in [0.05, 0.1) is 18.2 Å². The largest absolute Gasteiger partial charge is 0.494 e. The molecule has 0 radical (unpaired) electrons. The molecule has 1 unspecified atom stereocenters. The molecule has 1 N–H and O–H groups in total. The lowest BCUT2D eigenvalue weighted by atomic mass is 9.96. The molecule has 0 aliphatic rings. The molecule has 2 aromatic carbocycles. The number of amides is 1. The summed E-state index contributed by atoms with van der Waals surface area (Å²) < 4.78 is 46.6. The first-order chi connectivity index (χ1) is 16.7. The maximum Gasteiger partial charge on any atom is 0.416 e. The molecule has 2 rings (SSSR count). The number of nitrogens with zero attached hydrogens (tertiary/aromatic N) is 1. The van der Waals surface area contributed by atoms with Gasteiger partial charge in [0.15, 0.2) is 0 Å². The zero-order valence-corrected chi connectivity index (χ0v) is 20.3. The van der Waals surface area contributed by atoms with Gasteiger partial charge in [0.1, 0.15) is 5.75 Å². The number of carbonyl (C=O) groups is 2. The lowest BCUT2D eigenvalue weighted by Gasteiger charge is -2.32. The highest BCUT2D eigenvalue weighted by atomic mass is 19.4. The molecule has 8 heteroatoms. The van der Waals surface area contributed by atoms with Crippen molar-refractivity contribution < 1.29 is 32.6 Å². The molecule has 0 saturated heterocycles. The molecule has 0 saturated carbocycles. The van der Waals surface area contributed by atoms with Gasteiger partial charge in [-0.15, -0.1) is 0 Å². The van der Waals surface area contributed by atoms with E-state index in [0.29, 0.717) is 17.9 Å². The van der Waals surface area contributed by atoms with Crippen molar-refractivity contribution >= 4 is 11.9 Å². The molecule has 192 valence electrons. The number of unbranched alkanes of at least 4 members (excludes halogenated alkanes) is 5. The summed E-state index contributed by atoms with van der Waals surface area (Å²) in [7, 11) is 0. The van der Waals surface area contributed by atoms with E-state index in [4.69, 9.17) is 4.74 Å². The second-order valence-electron chi connectivity index (χ2n) is 8.51. The number of hydrogen-bond donors (Lipinski definition) is 1. The number of aliphatic carboxylic acids is 1. The minimum Gasteiger partial charge on any atom is -0.494 e. The molecule has 0 spiro atoms. The van der Waals surface area contributed by atoms with Crippen LogP contribution in [0.15, 0.2) is 48.5 Å².